The number of rotatable bonds is 4. The Morgan fingerprint density at radius 1 is 1.56 bits per heavy atom. The zero-order valence-corrected chi connectivity index (χ0v) is 10.7. The maximum atomic E-state index is 8.92. The molecule has 4 nitrogen and oxygen atoms in total. The average Bonchev–Trinajstić information content (AvgIpc) is 2.84. The molecule has 1 aromatic heterocycles. The lowest BCUT2D eigenvalue weighted by Crippen LogP contribution is -2.19. The highest BCUT2D eigenvalue weighted by Gasteiger charge is 2.24. The molecule has 1 aliphatic rings. The van der Waals surface area contributed by atoms with Crippen molar-refractivity contribution in [2.75, 3.05) is 24.6 Å². The smallest absolute Gasteiger partial charge is 0.205 e. The van der Waals surface area contributed by atoms with Crippen LogP contribution in [0.1, 0.15) is 38.4 Å². The summed E-state index contributed by atoms with van der Waals surface area (Å²) in [5.41, 5.74) is 0. The molecular weight excluding hydrogens is 222 g/mol. The maximum absolute atomic E-state index is 8.92. The molecule has 1 atom stereocenters. The molecule has 1 aliphatic heterocycles. The molecule has 1 N–H and O–H groups in total. The van der Waals surface area contributed by atoms with Crippen molar-refractivity contribution >= 4 is 16.7 Å². The zero-order valence-electron chi connectivity index (χ0n) is 9.89. The Bertz CT molecular complexity index is 340. The van der Waals surface area contributed by atoms with Crippen molar-refractivity contribution < 1.29 is 5.11 Å². The number of hydrogen-bond donors (Lipinski definition) is 1. The quantitative estimate of drug-likeness (QED) is 0.874. The van der Waals surface area contributed by atoms with Gasteiger partial charge in [0.25, 0.3) is 0 Å². The van der Waals surface area contributed by atoms with E-state index in [1.165, 1.54) is 11.5 Å². The van der Waals surface area contributed by atoms with E-state index in [4.69, 9.17) is 5.11 Å². The highest BCUT2D eigenvalue weighted by Crippen LogP contribution is 2.28. The fourth-order valence-electron chi connectivity index (χ4n) is 2.01. The molecule has 1 unspecified atom stereocenters. The first-order valence-corrected chi connectivity index (χ1v) is 6.67. The Morgan fingerprint density at radius 2 is 2.38 bits per heavy atom. The first-order valence-electron chi connectivity index (χ1n) is 5.90. The molecular formula is C11H19N3OS. The number of aliphatic hydroxyl groups excluding tert-OH is 1. The first-order chi connectivity index (χ1) is 7.70. The van der Waals surface area contributed by atoms with Crippen LogP contribution in [0.5, 0.6) is 0 Å². The SMILES string of the molecule is CC(C)c1nsc(N2CCC(CCO)C2)n1. The van der Waals surface area contributed by atoms with E-state index in [2.05, 4.69) is 28.1 Å². The van der Waals surface area contributed by atoms with Crippen LogP contribution in [-0.2, 0) is 0 Å². The fourth-order valence-corrected chi connectivity index (χ4v) is 2.86. The third-order valence-electron chi connectivity index (χ3n) is 3.04. The Morgan fingerprint density at radius 3 is 3.00 bits per heavy atom. The zero-order chi connectivity index (χ0) is 11.5. The van der Waals surface area contributed by atoms with Gasteiger partial charge in [0.05, 0.1) is 0 Å². The van der Waals surface area contributed by atoms with Gasteiger partial charge in [-0.3, -0.25) is 0 Å². The van der Waals surface area contributed by atoms with Gasteiger partial charge in [-0.15, -0.1) is 0 Å². The summed E-state index contributed by atoms with van der Waals surface area (Å²) in [5, 5.41) is 9.96. The lowest BCUT2D eigenvalue weighted by molar-refractivity contribution is 0.263. The Balaban J connectivity index is 1.97. The van der Waals surface area contributed by atoms with Crippen molar-refractivity contribution in [1.29, 1.82) is 0 Å². The summed E-state index contributed by atoms with van der Waals surface area (Å²) in [4.78, 5) is 6.85. The van der Waals surface area contributed by atoms with Crippen molar-refractivity contribution in [3.8, 4) is 0 Å². The van der Waals surface area contributed by atoms with E-state index in [9.17, 15) is 0 Å². The topological polar surface area (TPSA) is 49.2 Å². The summed E-state index contributed by atoms with van der Waals surface area (Å²) in [6.45, 7) is 6.60. The second-order valence-corrected chi connectivity index (χ2v) is 5.43. The van der Waals surface area contributed by atoms with Crippen molar-refractivity contribution in [3.05, 3.63) is 5.82 Å². The second-order valence-electron chi connectivity index (χ2n) is 4.70. The minimum atomic E-state index is 0.297. The van der Waals surface area contributed by atoms with Gasteiger partial charge >= 0.3 is 0 Å². The largest absolute Gasteiger partial charge is 0.396 e. The summed E-state index contributed by atoms with van der Waals surface area (Å²) >= 11 is 1.50. The van der Waals surface area contributed by atoms with Gasteiger partial charge < -0.3 is 10.0 Å². The monoisotopic (exact) mass is 241 g/mol. The van der Waals surface area contributed by atoms with Gasteiger partial charge in [-0.25, -0.2) is 4.98 Å². The maximum Gasteiger partial charge on any atom is 0.205 e. The van der Waals surface area contributed by atoms with Crippen LogP contribution >= 0.6 is 11.5 Å². The molecule has 16 heavy (non-hydrogen) atoms. The van der Waals surface area contributed by atoms with Crippen LogP contribution in [0.15, 0.2) is 0 Å². The summed E-state index contributed by atoms with van der Waals surface area (Å²) in [7, 11) is 0. The van der Waals surface area contributed by atoms with Crippen LogP contribution in [-0.4, -0.2) is 34.2 Å². The van der Waals surface area contributed by atoms with Crippen LogP contribution in [0.3, 0.4) is 0 Å². The van der Waals surface area contributed by atoms with Crippen molar-refractivity contribution in [2.45, 2.75) is 32.6 Å². The van der Waals surface area contributed by atoms with Crippen LogP contribution in [0.2, 0.25) is 0 Å². The number of anilines is 1. The normalized spacial score (nSPS) is 21.0. The number of aromatic nitrogens is 2. The van der Waals surface area contributed by atoms with Crippen molar-refractivity contribution in [2.24, 2.45) is 5.92 Å². The molecule has 90 valence electrons. The molecule has 2 heterocycles. The molecule has 0 bridgehead atoms. The van der Waals surface area contributed by atoms with E-state index in [1.54, 1.807) is 0 Å². The van der Waals surface area contributed by atoms with E-state index in [1.807, 2.05) is 0 Å². The molecule has 0 saturated carbocycles. The van der Waals surface area contributed by atoms with Gasteiger partial charge in [0, 0.05) is 37.1 Å². The lowest BCUT2D eigenvalue weighted by Gasteiger charge is -2.13. The molecule has 1 fully saturated rings. The van der Waals surface area contributed by atoms with Gasteiger partial charge in [-0.2, -0.15) is 4.37 Å². The number of aliphatic hydroxyl groups is 1. The lowest BCUT2D eigenvalue weighted by atomic mass is 10.1. The third-order valence-corrected chi connectivity index (χ3v) is 3.83. The summed E-state index contributed by atoms with van der Waals surface area (Å²) in [6, 6.07) is 0. The standard InChI is InChI=1S/C11H19N3OS/c1-8(2)10-12-11(16-13-10)14-5-3-9(7-14)4-6-15/h8-9,15H,3-7H2,1-2H3. The number of hydrogen-bond acceptors (Lipinski definition) is 5. The molecule has 0 aromatic carbocycles. The second kappa shape index (κ2) is 5.10. The fraction of sp³-hybridized carbons (Fsp3) is 0.818. The van der Waals surface area contributed by atoms with Gasteiger partial charge in [0.2, 0.25) is 5.13 Å². The highest BCUT2D eigenvalue weighted by molar-refractivity contribution is 7.09. The number of nitrogens with zero attached hydrogens (tertiary/aromatic N) is 3. The molecule has 1 aromatic rings. The summed E-state index contributed by atoms with van der Waals surface area (Å²) in [5.74, 6) is 1.97. The predicted octanol–water partition coefficient (Wildman–Crippen LogP) is 1.87. The molecule has 0 spiro atoms. The van der Waals surface area contributed by atoms with E-state index in [0.29, 0.717) is 18.4 Å². The molecule has 0 aliphatic carbocycles. The first kappa shape index (κ1) is 11.8. The minimum Gasteiger partial charge on any atom is -0.396 e. The highest BCUT2D eigenvalue weighted by atomic mass is 32.1. The van der Waals surface area contributed by atoms with E-state index < -0.39 is 0 Å². The van der Waals surface area contributed by atoms with Gasteiger partial charge in [-0.05, 0) is 18.8 Å². The van der Waals surface area contributed by atoms with E-state index in [0.717, 1.165) is 36.9 Å². The Labute approximate surface area is 100 Å². The van der Waals surface area contributed by atoms with E-state index in [-0.39, 0.29) is 0 Å². The van der Waals surface area contributed by atoms with Crippen molar-refractivity contribution in [1.82, 2.24) is 9.36 Å². The van der Waals surface area contributed by atoms with Crippen LogP contribution in [0.4, 0.5) is 5.13 Å². The predicted molar refractivity (Wildman–Crippen MR) is 66.0 cm³/mol. The van der Waals surface area contributed by atoms with Crippen LogP contribution < -0.4 is 4.90 Å². The minimum absolute atomic E-state index is 0.297. The molecule has 0 amide bonds. The van der Waals surface area contributed by atoms with Gasteiger partial charge in [-0.1, -0.05) is 13.8 Å². The summed E-state index contributed by atoms with van der Waals surface area (Å²) < 4.78 is 4.37. The third kappa shape index (κ3) is 2.52. The molecule has 5 heteroatoms. The van der Waals surface area contributed by atoms with Gasteiger partial charge in [0.15, 0.2) is 0 Å². The molecule has 0 radical (unpaired) electrons. The molecule has 2 rings (SSSR count). The van der Waals surface area contributed by atoms with Crippen LogP contribution in [0.25, 0.3) is 0 Å². The van der Waals surface area contributed by atoms with E-state index >= 15 is 0 Å². The summed E-state index contributed by atoms with van der Waals surface area (Å²) in [6.07, 6.45) is 2.07. The van der Waals surface area contributed by atoms with Gasteiger partial charge in [0.1, 0.15) is 5.82 Å². The average molecular weight is 241 g/mol. The Hall–Kier alpha value is -0.680. The Kier molecular flexibility index (Phi) is 3.76. The van der Waals surface area contributed by atoms with Crippen molar-refractivity contribution in [3.63, 3.8) is 0 Å². The molecule has 1 saturated heterocycles. The van der Waals surface area contributed by atoms with Crippen LogP contribution in [0, 0.1) is 5.92 Å².